The van der Waals surface area contributed by atoms with Crippen LogP contribution >= 0.6 is 0 Å². The number of methoxy groups -OCH3 is 1. The first-order valence-corrected chi connectivity index (χ1v) is 5.65. The second kappa shape index (κ2) is 5.55. The van der Waals surface area contributed by atoms with Crippen LogP contribution in [0.4, 0.5) is 11.5 Å². The Bertz CT molecular complexity index is 500. The molecule has 0 atom stereocenters. The molecule has 1 heterocycles. The molecule has 0 aromatic carbocycles. The number of nitrogen functional groups attached to an aromatic ring is 1. The smallest absolute Gasteiger partial charge is 0.340 e. The van der Waals surface area contributed by atoms with Crippen LogP contribution in [0.2, 0.25) is 0 Å². The zero-order chi connectivity index (χ0) is 14.6. The summed E-state index contributed by atoms with van der Waals surface area (Å²) < 4.78 is 4.67. The van der Waals surface area contributed by atoms with Crippen LogP contribution in [0.25, 0.3) is 0 Å². The minimum absolute atomic E-state index is 0.109. The lowest BCUT2D eigenvalue weighted by atomic mass is 9.99. The molecule has 5 N–H and O–H groups in total. The number of pyridine rings is 1. The van der Waals surface area contributed by atoms with Crippen molar-refractivity contribution in [3.8, 4) is 0 Å². The minimum Gasteiger partial charge on any atom is -0.465 e. The Balaban J connectivity index is 3.07. The van der Waals surface area contributed by atoms with Crippen molar-refractivity contribution in [3.63, 3.8) is 0 Å². The van der Waals surface area contributed by atoms with Gasteiger partial charge in [0, 0.05) is 12.0 Å². The maximum atomic E-state index is 11.7. The number of nitrogens with zero attached hydrogens (tertiary/aromatic N) is 1. The van der Waals surface area contributed by atoms with Crippen molar-refractivity contribution in [2.45, 2.75) is 25.8 Å². The number of ether oxygens (including phenoxy) is 1. The van der Waals surface area contributed by atoms with E-state index in [1.165, 1.54) is 19.4 Å². The molecule has 1 amide bonds. The zero-order valence-electron chi connectivity index (χ0n) is 11.2. The number of carbonyl (C=O) groups excluding carboxylic acids is 2. The minimum atomic E-state index is -0.619. The molecular formula is C12H18N4O3. The largest absolute Gasteiger partial charge is 0.465 e. The molecule has 0 spiro atoms. The summed E-state index contributed by atoms with van der Waals surface area (Å²) in [6.07, 6.45) is 1.53. The average molecular weight is 266 g/mol. The van der Waals surface area contributed by atoms with Crippen molar-refractivity contribution in [1.29, 1.82) is 0 Å². The fourth-order valence-corrected chi connectivity index (χ4v) is 1.69. The summed E-state index contributed by atoms with van der Waals surface area (Å²) in [5.74, 6) is -0.773. The zero-order valence-corrected chi connectivity index (χ0v) is 11.2. The number of hydrogen-bond donors (Lipinski definition) is 3. The van der Waals surface area contributed by atoms with Crippen molar-refractivity contribution in [3.05, 3.63) is 17.8 Å². The van der Waals surface area contributed by atoms with Crippen molar-refractivity contribution in [2.75, 3.05) is 18.2 Å². The summed E-state index contributed by atoms with van der Waals surface area (Å²) in [5.41, 5.74) is 10.8. The SMILES string of the molecule is COC(=O)c1cc(N)ncc1NC(C)(C)CC(N)=O. The molecule has 0 unspecified atom stereocenters. The Kier molecular flexibility index (Phi) is 4.31. The van der Waals surface area contributed by atoms with Gasteiger partial charge in [-0.15, -0.1) is 0 Å². The lowest BCUT2D eigenvalue weighted by Crippen LogP contribution is -2.36. The van der Waals surface area contributed by atoms with Crippen LogP contribution in [-0.2, 0) is 9.53 Å². The topological polar surface area (TPSA) is 120 Å². The summed E-state index contributed by atoms with van der Waals surface area (Å²) >= 11 is 0. The highest BCUT2D eigenvalue weighted by molar-refractivity contribution is 5.96. The second-order valence-corrected chi connectivity index (χ2v) is 4.80. The van der Waals surface area contributed by atoms with Crippen molar-refractivity contribution < 1.29 is 14.3 Å². The predicted octanol–water partition coefficient (Wildman–Crippen LogP) is 0.516. The normalized spacial score (nSPS) is 10.9. The third-order valence-electron chi connectivity index (χ3n) is 2.42. The highest BCUT2D eigenvalue weighted by atomic mass is 16.5. The van der Waals surface area contributed by atoms with Gasteiger partial charge in [-0.05, 0) is 19.9 Å². The van der Waals surface area contributed by atoms with Gasteiger partial charge in [-0.1, -0.05) is 0 Å². The molecule has 0 aliphatic rings. The van der Waals surface area contributed by atoms with E-state index < -0.39 is 17.4 Å². The van der Waals surface area contributed by atoms with E-state index in [1.54, 1.807) is 13.8 Å². The number of carbonyl (C=O) groups is 2. The van der Waals surface area contributed by atoms with Gasteiger partial charge in [0.1, 0.15) is 5.82 Å². The molecule has 19 heavy (non-hydrogen) atoms. The number of anilines is 2. The Morgan fingerprint density at radius 2 is 2.11 bits per heavy atom. The van der Waals surface area contributed by atoms with Gasteiger partial charge < -0.3 is 21.5 Å². The Hall–Kier alpha value is -2.31. The Morgan fingerprint density at radius 1 is 1.47 bits per heavy atom. The summed E-state index contributed by atoms with van der Waals surface area (Å²) in [7, 11) is 1.28. The van der Waals surface area contributed by atoms with Crippen molar-refractivity contribution in [1.82, 2.24) is 4.98 Å². The molecule has 0 fully saturated rings. The van der Waals surface area contributed by atoms with E-state index >= 15 is 0 Å². The highest BCUT2D eigenvalue weighted by Gasteiger charge is 2.23. The number of hydrogen-bond acceptors (Lipinski definition) is 6. The number of nitrogens with two attached hydrogens (primary N) is 2. The molecule has 0 saturated heterocycles. The first-order valence-electron chi connectivity index (χ1n) is 5.65. The van der Waals surface area contributed by atoms with Gasteiger partial charge >= 0.3 is 5.97 Å². The molecule has 0 aliphatic carbocycles. The fourth-order valence-electron chi connectivity index (χ4n) is 1.69. The van der Waals surface area contributed by atoms with E-state index in [-0.39, 0.29) is 17.8 Å². The number of esters is 1. The van der Waals surface area contributed by atoms with Gasteiger partial charge in [0.15, 0.2) is 0 Å². The fraction of sp³-hybridized carbons (Fsp3) is 0.417. The van der Waals surface area contributed by atoms with Gasteiger partial charge in [-0.2, -0.15) is 0 Å². The van der Waals surface area contributed by atoms with Crippen LogP contribution in [0, 0.1) is 0 Å². The summed E-state index contributed by atoms with van der Waals surface area (Å²) in [5, 5.41) is 3.04. The molecule has 0 aliphatic heterocycles. The molecule has 7 nitrogen and oxygen atoms in total. The number of rotatable bonds is 5. The van der Waals surface area contributed by atoms with Gasteiger partial charge in [0.05, 0.1) is 24.6 Å². The standard InChI is InChI=1S/C12H18N4O3/c1-12(2,5-10(14)17)16-8-6-15-9(13)4-7(8)11(18)19-3/h4,6,16H,5H2,1-3H3,(H2,13,15)(H2,14,17). The number of nitrogens with one attached hydrogen (secondary N) is 1. The quantitative estimate of drug-likeness (QED) is 0.668. The molecule has 104 valence electrons. The molecule has 0 bridgehead atoms. The maximum Gasteiger partial charge on any atom is 0.340 e. The summed E-state index contributed by atoms with van der Waals surface area (Å²) in [4.78, 5) is 26.6. The van der Waals surface area contributed by atoms with Gasteiger partial charge in [0.2, 0.25) is 5.91 Å². The van der Waals surface area contributed by atoms with Crippen LogP contribution in [-0.4, -0.2) is 29.5 Å². The van der Waals surface area contributed by atoms with E-state index in [0.29, 0.717) is 5.69 Å². The van der Waals surface area contributed by atoms with Crippen molar-refractivity contribution in [2.24, 2.45) is 5.73 Å². The summed E-state index contributed by atoms with van der Waals surface area (Å²) in [6, 6.07) is 1.41. The van der Waals surface area contributed by atoms with Gasteiger partial charge in [-0.25, -0.2) is 9.78 Å². The van der Waals surface area contributed by atoms with Crippen molar-refractivity contribution >= 4 is 23.4 Å². The van der Waals surface area contributed by atoms with Crippen LogP contribution in [0.1, 0.15) is 30.6 Å². The molecular weight excluding hydrogens is 248 g/mol. The Morgan fingerprint density at radius 3 is 2.63 bits per heavy atom. The first kappa shape index (κ1) is 14.7. The van der Waals surface area contributed by atoms with E-state index in [9.17, 15) is 9.59 Å². The molecule has 0 radical (unpaired) electrons. The van der Waals surface area contributed by atoms with E-state index in [1.807, 2.05) is 0 Å². The van der Waals surface area contributed by atoms with E-state index in [2.05, 4.69) is 15.0 Å². The molecule has 1 aromatic heterocycles. The molecule has 1 rings (SSSR count). The lowest BCUT2D eigenvalue weighted by Gasteiger charge is -2.27. The third-order valence-corrected chi connectivity index (χ3v) is 2.42. The lowest BCUT2D eigenvalue weighted by molar-refractivity contribution is -0.118. The maximum absolute atomic E-state index is 11.7. The van der Waals surface area contributed by atoms with Gasteiger partial charge in [0.25, 0.3) is 0 Å². The van der Waals surface area contributed by atoms with Crippen LogP contribution in [0.15, 0.2) is 12.3 Å². The summed E-state index contributed by atoms with van der Waals surface area (Å²) in [6.45, 7) is 3.57. The first-order chi connectivity index (χ1) is 8.75. The highest BCUT2D eigenvalue weighted by Crippen LogP contribution is 2.23. The average Bonchev–Trinajstić information content (AvgIpc) is 2.28. The number of aromatic nitrogens is 1. The number of primary amides is 1. The molecule has 1 aromatic rings. The van der Waals surface area contributed by atoms with Crippen LogP contribution in [0.5, 0.6) is 0 Å². The Labute approximate surface area is 111 Å². The monoisotopic (exact) mass is 266 g/mol. The molecule has 0 saturated carbocycles. The van der Waals surface area contributed by atoms with E-state index in [4.69, 9.17) is 11.5 Å². The van der Waals surface area contributed by atoms with E-state index in [0.717, 1.165) is 0 Å². The second-order valence-electron chi connectivity index (χ2n) is 4.80. The number of amides is 1. The predicted molar refractivity (Wildman–Crippen MR) is 71.5 cm³/mol. The van der Waals surface area contributed by atoms with Crippen LogP contribution in [0.3, 0.4) is 0 Å². The molecule has 7 heteroatoms. The van der Waals surface area contributed by atoms with Crippen LogP contribution < -0.4 is 16.8 Å². The van der Waals surface area contributed by atoms with Gasteiger partial charge in [-0.3, -0.25) is 4.79 Å². The third kappa shape index (κ3) is 4.13.